The average molecular weight is 318 g/mol. The van der Waals surface area contributed by atoms with Crippen LogP contribution in [0.25, 0.3) is 0 Å². The van der Waals surface area contributed by atoms with Gasteiger partial charge in [0.15, 0.2) is 0 Å². The van der Waals surface area contributed by atoms with Gasteiger partial charge in [0.25, 0.3) is 0 Å². The summed E-state index contributed by atoms with van der Waals surface area (Å²) >= 11 is 1.43. The van der Waals surface area contributed by atoms with Gasteiger partial charge in [-0.1, -0.05) is 0 Å². The summed E-state index contributed by atoms with van der Waals surface area (Å²) in [6.45, 7) is 1.83. The molecule has 0 bridgehead atoms. The first-order valence-corrected chi connectivity index (χ1v) is 9.03. The summed E-state index contributed by atoms with van der Waals surface area (Å²) in [7, 11) is -3.41. The molecule has 0 radical (unpaired) electrons. The van der Waals surface area contributed by atoms with Gasteiger partial charge in [0.05, 0.1) is 16.6 Å². The lowest BCUT2D eigenvalue weighted by atomic mass is 9.87. The van der Waals surface area contributed by atoms with E-state index in [2.05, 4.69) is 9.71 Å². The number of nitrogens with zero attached hydrogens (tertiary/aromatic N) is 1. The Morgan fingerprint density at radius 2 is 2.10 bits per heavy atom. The van der Waals surface area contributed by atoms with Gasteiger partial charge in [-0.05, 0) is 32.6 Å². The highest BCUT2D eigenvalue weighted by atomic mass is 32.2. The Bertz CT molecular complexity index is 574. The molecule has 0 aromatic carbocycles. The molecule has 20 heavy (non-hydrogen) atoms. The molecule has 2 rings (SSSR count). The van der Waals surface area contributed by atoms with Gasteiger partial charge in [-0.3, -0.25) is 4.79 Å². The summed E-state index contributed by atoms with van der Waals surface area (Å²) in [5, 5.41) is 11.5. The summed E-state index contributed by atoms with van der Waals surface area (Å²) in [5.41, 5.74) is 0.555. The molecule has 1 heterocycles. The summed E-state index contributed by atoms with van der Waals surface area (Å²) in [4.78, 5) is 15.0. The Kier molecular flexibility index (Phi) is 4.77. The number of carboxylic acid groups (broad SMARTS) is 1. The lowest BCUT2D eigenvalue weighted by Gasteiger charge is -2.26. The van der Waals surface area contributed by atoms with E-state index in [1.807, 2.05) is 6.92 Å². The molecule has 1 aliphatic carbocycles. The number of aromatic nitrogens is 1. The maximum atomic E-state index is 12.0. The van der Waals surface area contributed by atoms with E-state index >= 15 is 0 Å². The molecular formula is C12H18N2O4S2. The van der Waals surface area contributed by atoms with Gasteiger partial charge in [-0.15, -0.1) is 11.3 Å². The molecule has 1 aromatic heterocycles. The predicted octanol–water partition coefficient (Wildman–Crippen LogP) is 1.51. The minimum atomic E-state index is -3.41. The lowest BCUT2D eigenvalue weighted by Crippen LogP contribution is -2.39. The Morgan fingerprint density at radius 1 is 1.45 bits per heavy atom. The molecule has 6 nitrogen and oxygen atoms in total. The Labute approximate surface area is 122 Å². The van der Waals surface area contributed by atoms with Gasteiger partial charge in [0, 0.05) is 11.4 Å². The molecule has 112 valence electrons. The fraction of sp³-hybridized carbons (Fsp3) is 0.667. The van der Waals surface area contributed by atoms with Gasteiger partial charge in [-0.2, -0.15) is 0 Å². The molecule has 1 aromatic rings. The van der Waals surface area contributed by atoms with Crippen molar-refractivity contribution in [1.82, 2.24) is 9.71 Å². The predicted molar refractivity (Wildman–Crippen MR) is 76.0 cm³/mol. The highest BCUT2D eigenvalue weighted by Gasteiger charge is 2.28. The molecule has 1 saturated carbocycles. The Hall–Kier alpha value is -0.990. The van der Waals surface area contributed by atoms with Crippen molar-refractivity contribution in [2.75, 3.05) is 0 Å². The Morgan fingerprint density at radius 3 is 2.60 bits per heavy atom. The van der Waals surface area contributed by atoms with Crippen LogP contribution in [0.3, 0.4) is 0 Å². The SMILES string of the molecule is Cc1nc(CS(=O)(=O)NC2CCC(C(=O)O)CC2)cs1. The largest absolute Gasteiger partial charge is 0.481 e. The summed E-state index contributed by atoms with van der Waals surface area (Å²) in [6.07, 6.45) is 2.20. The van der Waals surface area contributed by atoms with Gasteiger partial charge >= 0.3 is 5.97 Å². The number of aliphatic carboxylic acids is 1. The summed E-state index contributed by atoms with van der Waals surface area (Å²) in [5.74, 6) is -1.24. The van der Waals surface area contributed by atoms with Gasteiger partial charge < -0.3 is 5.11 Å². The molecule has 0 aliphatic heterocycles. The van der Waals surface area contributed by atoms with Crippen LogP contribution in [-0.2, 0) is 20.6 Å². The van der Waals surface area contributed by atoms with Crippen LogP contribution in [0.4, 0.5) is 0 Å². The van der Waals surface area contributed by atoms with E-state index < -0.39 is 16.0 Å². The second-order valence-corrected chi connectivity index (χ2v) is 7.94. The van der Waals surface area contributed by atoms with Crippen molar-refractivity contribution in [2.45, 2.75) is 44.4 Å². The fourth-order valence-corrected chi connectivity index (χ4v) is 4.51. The fourth-order valence-electron chi connectivity index (χ4n) is 2.42. The molecule has 0 unspecified atom stereocenters. The van der Waals surface area contributed by atoms with E-state index in [1.54, 1.807) is 5.38 Å². The lowest BCUT2D eigenvalue weighted by molar-refractivity contribution is -0.142. The van der Waals surface area contributed by atoms with Crippen molar-refractivity contribution in [2.24, 2.45) is 5.92 Å². The topological polar surface area (TPSA) is 96.4 Å². The van der Waals surface area contributed by atoms with Crippen LogP contribution in [0.15, 0.2) is 5.38 Å². The highest BCUT2D eigenvalue weighted by Crippen LogP contribution is 2.25. The van der Waals surface area contributed by atoms with E-state index in [0.717, 1.165) is 5.01 Å². The minimum Gasteiger partial charge on any atom is -0.481 e. The zero-order valence-corrected chi connectivity index (χ0v) is 12.8. The standard InChI is InChI=1S/C12H18N2O4S2/c1-8-13-11(6-19-8)7-20(17,18)14-10-4-2-9(3-5-10)12(15)16/h6,9-10,14H,2-5,7H2,1H3,(H,15,16). The van der Waals surface area contributed by atoms with Crippen molar-refractivity contribution in [3.63, 3.8) is 0 Å². The van der Waals surface area contributed by atoms with Crippen molar-refractivity contribution in [3.8, 4) is 0 Å². The Balaban J connectivity index is 1.88. The number of thiazole rings is 1. The van der Waals surface area contributed by atoms with E-state index in [1.165, 1.54) is 11.3 Å². The third kappa shape index (κ3) is 4.26. The highest BCUT2D eigenvalue weighted by molar-refractivity contribution is 7.88. The number of carbonyl (C=O) groups is 1. The van der Waals surface area contributed by atoms with Gasteiger partial charge in [0.1, 0.15) is 5.75 Å². The van der Waals surface area contributed by atoms with Crippen LogP contribution in [0, 0.1) is 12.8 Å². The van der Waals surface area contributed by atoms with Gasteiger partial charge in [0.2, 0.25) is 10.0 Å². The van der Waals surface area contributed by atoms with E-state index in [0.29, 0.717) is 31.4 Å². The molecular weight excluding hydrogens is 300 g/mol. The number of carboxylic acids is 1. The summed E-state index contributed by atoms with van der Waals surface area (Å²) < 4.78 is 26.7. The number of hydrogen-bond acceptors (Lipinski definition) is 5. The van der Waals surface area contributed by atoms with E-state index in [4.69, 9.17) is 5.11 Å². The smallest absolute Gasteiger partial charge is 0.306 e. The van der Waals surface area contributed by atoms with Crippen LogP contribution in [0.2, 0.25) is 0 Å². The van der Waals surface area contributed by atoms with E-state index in [-0.39, 0.29) is 17.7 Å². The number of rotatable bonds is 5. The van der Waals surface area contributed by atoms with Crippen LogP contribution in [-0.4, -0.2) is 30.5 Å². The van der Waals surface area contributed by atoms with Crippen molar-refractivity contribution in [3.05, 3.63) is 16.1 Å². The number of aryl methyl sites for hydroxylation is 1. The minimum absolute atomic E-state index is 0.115. The first kappa shape index (κ1) is 15.4. The number of hydrogen-bond donors (Lipinski definition) is 2. The van der Waals surface area contributed by atoms with Crippen LogP contribution in [0.1, 0.15) is 36.4 Å². The van der Waals surface area contributed by atoms with E-state index in [9.17, 15) is 13.2 Å². The molecule has 0 saturated heterocycles. The second-order valence-electron chi connectivity index (χ2n) is 5.12. The molecule has 8 heteroatoms. The van der Waals surface area contributed by atoms with Crippen molar-refractivity contribution < 1.29 is 18.3 Å². The summed E-state index contributed by atoms with van der Waals surface area (Å²) in [6, 6.07) is -0.157. The average Bonchev–Trinajstić information content (AvgIpc) is 2.73. The molecule has 0 spiro atoms. The maximum Gasteiger partial charge on any atom is 0.306 e. The van der Waals surface area contributed by atoms with Crippen LogP contribution >= 0.6 is 11.3 Å². The van der Waals surface area contributed by atoms with Crippen molar-refractivity contribution >= 4 is 27.3 Å². The maximum absolute atomic E-state index is 12.0. The van der Waals surface area contributed by atoms with Gasteiger partial charge in [-0.25, -0.2) is 18.1 Å². The van der Waals surface area contributed by atoms with Crippen LogP contribution < -0.4 is 4.72 Å². The van der Waals surface area contributed by atoms with Crippen LogP contribution in [0.5, 0.6) is 0 Å². The second kappa shape index (κ2) is 6.19. The van der Waals surface area contributed by atoms with Crippen molar-refractivity contribution in [1.29, 1.82) is 0 Å². The molecule has 0 atom stereocenters. The molecule has 2 N–H and O–H groups in total. The normalized spacial score (nSPS) is 23.6. The molecule has 1 aliphatic rings. The first-order valence-electron chi connectivity index (χ1n) is 6.49. The first-order chi connectivity index (χ1) is 9.35. The monoisotopic (exact) mass is 318 g/mol. The zero-order chi connectivity index (χ0) is 14.8. The third-order valence-corrected chi connectivity index (χ3v) is 5.62. The third-order valence-electron chi connectivity index (χ3n) is 3.43. The number of nitrogens with one attached hydrogen (secondary N) is 1. The zero-order valence-electron chi connectivity index (χ0n) is 11.2. The number of sulfonamides is 1. The molecule has 1 fully saturated rings. The quantitative estimate of drug-likeness (QED) is 0.858. The molecule has 0 amide bonds.